The van der Waals surface area contributed by atoms with Gasteiger partial charge < -0.3 is 15.2 Å². The molecule has 0 aromatic heterocycles. The molecule has 0 aliphatic heterocycles. The van der Waals surface area contributed by atoms with Gasteiger partial charge in [-0.15, -0.1) is 0 Å². The zero-order chi connectivity index (χ0) is 12.6. The fraction of sp³-hybridized carbons (Fsp3) is 0.923. The van der Waals surface area contributed by atoms with E-state index in [2.05, 4.69) is 5.32 Å². The first-order valence-electron chi connectivity index (χ1n) is 6.64. The molecule has 4 nitrogen and oxygen atoms in total. The number of ether oxygens (including phenoxy) is 1. The zero-order valence-corrected chi connectivity index (χ0v) is 10.8. The molecule has 2 N–H and O–H groups in total. The van der Waals surface area contributed by atoms with Crippen molar-refractivity contribution in [2.24, 2.45) is 0 Å². The number of carbonyl (C=O) groups excluding carboxylic acids is 1. The molecule has 0 atom stereocenters. The lowest BCUT2D eigenvalue weighted by Gasteiger charge is -2.26. The summed E-state index contributed by atoms with van der Waals surface area (Å²) in [6.07, 6.45) is 7.36. The van der Waals surface area contributed by atoms with Gasteiger partial charge in [0.1, 0.15) is 0 Å². The van der Waals surface area contributed by atoms with Crippen LogP contribution in [0.2, 0.25) is 0 Å². The highest BCUT2D eigenvalue weighted by Crippen LogP contribution is 2.26. The summed E-state index contributed by atoms with van der Waals surface area (Å²) in [6.45, 7) is 1.01. The molecule has 100 valence electrons. The van der Waals surface area contributed by atoms with Crippen molar-refractivity contribution in [2.75, 3.05) is 20.3 Å². The molecule has 0 aromatic rings. The van der Waals surface area contributed by atoms with Crippen molar-refractivity contribution < 1.29 is 14.6 Å². The van der Waals surface area contributed by atoms with E-state index in [1.165, 1.54) is 12.8 Å². The fourth-order valence-corrected chi connectivity index (χ4v) is 2.29. The summed E-state index contributed by atoms with van der Waals surface area (Å²) in [5.74, 6) is 0.0136. The molecule has 0 radical (unpaired) electrons. The van der Waals surface area contributed by atoms with Gasteiger partial charge in [0.05, 0.1) is 5.60 Å². The van der Waals surface area contributed by atoms with Crippen LogP contribution in [-0.4, -0.2) is 36.9 Å². The number of amides is 1. The molecule has 0 aromatic carbocycles. The van der Waals surface area contributed by atoms with E-state index in [1.807, 2.05) is 0 Å². The lowest BCUT2D eigenvalue weighted by Crippen LogP contribution is -2.42. The topological polar surface area (TPSA) is 58.6 Å². The smallest absolute Gasteiger partial charge is 0.220 e. The van der Waals surface area contributed by atoms with E-state index in [-0.39, 0.29) is 5.91 Å². The van der Waals surface area contributed by atoms with Crippen LogP contribution in [-0.2, 0) is 9.53 Å². The lowest BCUT2D eigenvalue weighted by molar-refractivity contribution is -0.122. The maximum Gasteiger partial charge on any atom is 0.220 e. The van der Waals surface area contributed by atoms with Crippen molar-refractivity contribution in [1.29, 1.82) is 0 Å². The summed E-state index contributed by atoms with van der Waals surface area (Å²) in [5, 5.41) is 13.2. The first kappa shape index (κ1) is 14.5. The average molecular weight is 243 g/mol. The van der Waals surface area contributed by atoms with Crippen molar-refractivity contribution in [2.45, 2.75) is 57.0 Å². The summed E-state index contributed by atoms with van der Waals surface area (Å²) in [4.78, 5) is 11.5. The average Bonchev–Trinajstić information content (AvgIpc) is 2.53. The van der Waals surface area contributed by atoms with Gasteiger partial charge in [0, 0.05) is 26.7 Å². The van der Waals surface area contributed by atoms with Crippen LogP contribution in [0.3, 0.4) is 0 Å². The fourth-order valence-electron chi connectivity index (χ4n) is 2.29. The summed E-state index contributed by atoms with van der Waals surface area (Å²) >= 11 is 0. The largest absolute Gasteiger partial charge is 0.388 e. The Labute approximate surface area is 104 Å². The zero-order valence-electron chi connectivity index (χ0n) is 10.8. The molecular formula is C13H25NO3. The highest BCUT2D eigenvalue weighted by atomic mass is 16.5. The van der Waals surface area contributed by atoms with Gasteiger partial charge in [-0.3, -0.25) is 4.79 Å². The Morgan fingerprint density at radius 3 is 2.53 bits per heavy atom. The van der Waals surface area contributed by atoms with Crippen LogP contribution in [0.4, 0.5) is 0 Å². The predicted molar refractivity (Wildman–Crippen MR) is 66.8 cm³/mol. The number of hydrogen-bond acceptors (Lipinski definition) is 3. The monoisotopic (exact) mass is 243 g/mol. The van der Waals surface area contributed by atoms with Crippen molar-refractivity contribution in [3.63, 3.8) is 0 Å². The van der Waals surface area contributed by atoms with Crippen molar-refractivity contribution in [3.05, 3.63) is 0 Å². The number of methoxy groups -OCH3 is 1. The molecule has 0 bridgehead atoms. The van der Waals surface area contributed by atoms with Crippen LogP contribution in [0.5, 0.6) is 0 Å². The molecule has 1 saturated carbocycles. The molecule has 0 heterocycles. The lowest BCUT2D eigenvalue weighted by atomic mass is 9.94. The number of rotatable bonds is 6. The molecule has 1 aliphatic carbocycles. The van der Waals surface area contributed by atoms with Crippen LogP contribution in [0, 0.1) is 0 Å². The third-order valence-corrected chi connectivity index (χ3v) is 3.40. The van der Waals surface area contributed by atoms with E-state index >= 15 is 0 Å². The standard InChI is InChI=1S/C13H25NO3/c1-17-10-6-7-12(15)14-11-13(16)8-4-2-3-5-9-13/h16H,2-11H2,1H3,(H,14,15). The highest BCUT2D eigenvalue weighted by molar-refractivity contribution is 5.75. The molecule has 1 fully saturated rings. The summed E-state index contributed by atoms with van der Waals surface area (Å²) in [7, 11) is 1.63. The van der Waals surface area contributed by atoms with Gasteiger partial charge in [-0.25, -0.2) is 0 Å². The molecule has 1 amide bonds. The Bertz CT molecular complexity index is 223. The number of nitrogens with one attached hydrogen (secondary N) is 1. The van der Waals surface area contributed by atoms with Gasteiger partial charge in [-0.05, 0) is 19.3 Å². The number of aliphatic hydroxyl groups is 1. The van der Waals surface area contributed by atoms with Gasteiger partial charge in [0.15, 0.2) is 0 Å². The van der Waals surface area contributed by atoms with Crippen LogP contribution >= 0.6 is 0 Å². The van der Waals surface area contributed by atoms with Gasteiger partial charge >= 0.3 is 0 Å². The minimum atomic E-state index is -0.673. The van der Waals surface area contributed by atoms with Crippen LogP contribution in [0.1, 0.15) is 51.4 Å². The molecule has 0 saturated heterocycles. The van der Waals surface area contributed by atoms with E-state index in [4.69, 9.17) is 4.74 Å². The minimum absolute atomic E-state index is 0.0136. The maximum atomic E-state index is 11.5. The van der Waals surface area contributed by atoms with Gasteiger partial charge in [0.25, 0.3) is 0 Å². The normalized spacial score (nSPS) is 19.6. The van der Waals surface area contributed by atoms with E-state index in [9.17, 15) is 9.90 Å². The second kappa shape index (κ2) is 7.67. The first-order valence-corrected chi connectivity index (χ1v) is 6.64. The van der Waals surface area contributed by atoms with Crippen LogP contribution in [0.25, 0.3) is 0 Å². The van der Waals surface area contributed by atoms with E-state index in [0.29, 0.717) is 19.6 Å². The minimum Gasteiger partial charge on any atom is -0.388 e. The van der Waals surface area contributed by atoms with E-state index in [1.54, 1.807) is 7.11 Å². The SMILES string of the molecule is COCCCC(=O)NCC1(O)CCCCCC1. The molecule has 1 aliphatic rings. The van der Waals surface area contributed by atoms with Gasteiger partial charge in [0.2, 0.25) is 5.91 Å². The second-order valence-electron chi connectivity index (χ2n) is 5.01. The number of carbonyl (C=O) groups is 1. The van der Waals surface area contributed by atoms with Gasteiger partial charge in [-0.1, -0.05) is 25.7 Å². The highest BCUT2D eigenvalue weighted by Gasteiger charge is 2.28. The third kappa shape index (κ3) is 6.03. The summed E-state index contributed by atoms with van der Waals surface area (Å²) in [6, 6.07) is 0. The summed E-state index contributed by atoms with van der Waals surface area (Å²) < 4.78 is 4.89. The number of hydrogen-bond donors (Lipinski definition) is 2. The molecule has 4 heteroatoms. The quantitative estimate of drug-likeness (QED) is 0.550. The Morgan fingerprint density at radius 1 is 1.29 bits per heavy atom. The van der Waals surface area contributed by atoms with Crippen LogP contribution in [0.15, 0.2) is 0 Å². The van der Waals surface area contributed by atoms with Crippen molar-refractivity contribution >= 4 is 5.91 Å². The van der Waals surface area contributed by atoms with E-state index < -0.39 is 5.60 Å². The molecule has 0 unspecified atom stereocenters. The Morgan fingerprint density at radius 2 is 1.94 bits per heavy atom. The summed E-state index contributed by atoms with van der Waals surface area (Å²) in [5.41, 5.74) is -0.673. The second-order valence-corrected chi connectivity index (χ2v) is 5.01. The predicted octanol–water partition coefficient (Wildman–Crippen LogP) is 1.61. The molecule has 0 spiro atoms. The Hall–Kier alpha value is -0.610. The maximum absolute atomic E-state index is 11.5. The molecular weight excluding hydrogens is 218 g/mol. The molecule has 17 heavy (non-hydrogen) atoms. The third-order valence-electron chi connectivity index (χ3n) is 3.40. The van der Waals surface area contributed by atoms with E-state index in [0.717, 1.165) is 32.1 Å². The van der Waals surface area contributed by atoms with Crippen molar-refractivity contribution in [3.8, 4) is 0 Å². The van der Waals surface area contributed by atoms with Crippen molar-refractivity contribution in [1.82, 2.24) is 5.32 Å². The van der Waals surface area contributed by atoms with Crippen LogP contribution < -0.4 is 5.32 Å². The molecule has 1 rings (SSSR count). The van der Waals surface area contributed by atoms with Gasteiger partial charge in [-0.2, -0.15) is 0 Å². The first-order chi connectivity index (χ1) is 8.16. The Balaban J connectivity index is 2.20. The Kier molecular flexibility index (Phi) is 6.52.